The molecule has 0 fully saturated rings. The van der Waals surface area contributed by atoms with Crippen molar-refractivity contribution in [2.45, 2.75) is 20.5 Å². The van der Waals surface area contributed by atoms with Crippen molar-refractivity contribution in [3.8, 4) is 17.2 Å². The molecule has 0 saturated carbocycles. The third-order valence-electron chi connectivity index (χ3n) is 3.35. The summed E-state index contributed by atoms with van der Waals surface area (Å²) in [6.07, 6.45) is 0. The minimum absolute atomic E-state index is 0.123. The number of nitrogens with zero attached hydrogens (tertiary/aromatic N) is 2. The van der Waals surface area contributed by atoms with E-state index in [9.17, 15) is 4.39 Å². The van der Waals surface area contributed by atoms with Gasteiger partial charge in [-0.1, -0.05) is 28.9 Å². The van der Waals surface area contributed by atoms with E-state index in [2.05, 4.69) is 10.1 Å². The van der Waals surface area contributed by atoms with Crippen molar-refractivity contribution in [1.82, 2.24) is 10.1 Å². The van der Waals surface area contributed by atoms with Crippen molar-refractivity contribution in [3.05, 3.63) is 64.2 Å². The van der Waals surface area contributed by atoms with E-state index in [0.717, 1.165) is 16.1 Å². The van der Waals surface area contributed by atoms with Crippen molar-refractivity contribution in [1.29, 1.82) is 0 Å². The van der Waals surface area contributed by atoms with Crippen molar-refractivity contribution >= 4 is 11.6 Å². The number of halogens is 2. The summed E-state index contributed by atoms with van der Waals surface area (Å²) in [4.78, 5) is 4.15. The van der Waals surface area contributed by atoms with E-state index < -0.39 is 5.82 Å². The summed E-state index contributed by atoms with van der Waals surface area (Å²) in [6, 6.07) is 9.91. The standard InChI is InChI=1S/C17H14ClFN2O2/c1-10-7-12(8-11(2)16(10)18)22-9-15-20-17(23-21-15)13-5-3-4-6-14(13)19/h3-8H,9H2,1-2H3. The van der Waals surface area contributed by atoms with Gasteiger partial charge in [-0.05, 0) is 49.2 Å². The Balaban J connectivity index is 1.74. The fraction of sp³-hybridized carbons (Fsp3) is 0.176. The third-order valence-corrected chi connectivity index (χ3v) is 3.95. The maximum Gasteiger partial charge on any atom is 0.261 e. The quantitative estimate of drug-likeness (QED) is 0.693. The molecule has 0 aliphatic rings. The Hall–Kier alpha value is -2.40. The van der Waals surface area contributed by atoms with Gasteiger partial charge in [0.2, 0.25) is 5.82 Å². The topological polar surface area (TPSA) is 48.2 Å². The number of aryl methyl sites for hydroxylation is 2. The predicted molar refractivity (Wildman–Crippen MR) is 85.0 cm³/mol. The largest absolute Gasteiger partial charge is 0.485 e. The highest BCUT2D eigenvalue weighted by molar-refractivity contribution is 6.32. The second-order valence-corrected chi connectivity index (χ2v) is 5.53. The average Bonchev–Trinajstić information content (AvgIpc) is 2.99. The molecule has 0 saturated heterocycles. The number of hydrogen-bond donors (Lipinski definition) is 0. The molecule has 0 radical (unpaired) electrons. The van der Waals surface area contributed by atoms with Crippen LogP contribution in [-0.2, 0) is 6.61 Å². The van der Waals surface area contributed by atoms with Gasteiger partial charge < -0.3 is 9.26 Å². The van der Waals surface area contributed by atoms with Crippen LogP contribution in [0.5, 0.6) is 5.75 Å². The Morgan fingerprint density at radius 1 is 1.17 bits per heavy atom. The molecule has 3 rings (SSSR count). The van der Waals surface area contributed by atoms with Crippen LogP contribution >= 0.6 is 11.6 Å². The zero-order valence-electron chi connectivity index (χ0n) is 12.6. The number of hydrogen-bond acceptors (Lipinski definition) is 4. The molecule has 0 aliphatic carbocycles. The minimum Gasteiger partial charge on any atom is -0.485 e. The van der Waals surface area contributed by atoms with Crippen LogP contribution in [0.2, 0.25) is 5.02 Å². The van der Waals surface area contributed by atoms with E-state index in [1.54, 1.807) is 18.2 Å². The van der Waals surface area contributed by atoms with Crippen molar-refractivity contribution in [2.75, 3.05) is 0 Å². The van der Waals surface area contributed by atoms with Gasteiger partial charge in [-0.15, -0.1) is 0 Å². The first kappa shape index (κ1) is 15.5. The molecule has 3 aromatic rings. The van der Waals surface area contributed by atoms with E-state index in [1.807, 2.05) is 26.0 Å². The molecule has 6 heteroatoms. The van der Waals surface area contributed by atoms with E-state index in [1.165, 1.54) is 6.07 Å². The van der Waals surface area contributed by atoms with Gasteiger partial charge in [-0.2, -0.15) is 4.98 Å². The highest BCUT2D eigenvalue weighted by Crippen LogP contribution is 2.26. The Labute approximate surface area is 137 Å². The summed E-state index contributed by atoms with van der Waals surface area (Å²) in [5.41, 5.74) is 2.13. The van der Waals surface area contributed by atoms with Crippen LogP contribution in [0.4, 0.5) is 4.39 Å². The molecule has 4 nitrogen and oxygen atoms in total. The first-order valence-electron chi connectivity index (χ1n) is 7.01. The minimum atomic E-state index is -0.410. The Morgan fingerprint density at radius 2 is 1.87 bits per heavy atom. The van der Waals surface area contributed by atoms with Gasteiger partial charge in [0.15, 0.2) is 6.61 Å². The first-order valence-corrected chi connectivity index (χ1v) is 7.39. The van der Waals surface area contributed by atoms with Crippen LogP contribution in [0.1, 0.15) is 17.0 Å². The predicted octanol–water partition coefficient (Wildman–Crippen LogP) is 4.72. The SMILES string of the molecule is Cc1cc(OCc2noc(-c3ccccc3F)n2)cc(C)c1Cl. The van der Waals surface area contributed by atoms with Gasteiger partial charge in [0.1, 0.15) is 11.6 Å². The Morgan fingerprint density at radius 3 is 2.57 bits per heavy atom. The molecule has 0 amide bonds. The second kappa shape index (κ2) is 6.38. The monoisotopic (exact) mass is 332 g/mol. The molecular formula is C17H14ClFN2O2. The first-order chi connectivity index (χ1) is 11.0. The summed E-state index contributed by atoms with van der Waals surface area (Å²) >= 11 is 6.12. The molecule has 0 aliphatic heterocycles. The molecule has 118 valence electrons. The zero-order valence-corrected chi connectivity index (χ0v) is 13.4. The Kier molecular flexibility index (Phi) is 4.30. The van der Waals surface area contributed by atoms with Gasteiger partial charge in [0.25, 0.3) is 5.89 Å². The highest BCUT2D eigenvalue weighted by atomic mass is 35.5. The van der Waals surface area contributed by atoms with Crippen LogP contribution in [0, 0.1) is 19.7 Å². The molecule has 1 heterocycles. The normalized spacial score (nSPS) is 10.8. The van der Waals surface area contributed by atoms with E-state index in [4.69, 9.17) is 20.9 Å². The smallest absolute Gasteiger partial charge is 0.261 e. The van der Waals surface area contributed by atoms with E-state index >= 15 is 0 Å². The highest BCUT2D eigenvalue weighted by Gasteiger charge is 2.13. The van der Waals surface area contributed by atoms with Gasteiger partial charge in [-0.3, -0.25) is 0 Å². The maximum absolute atomic E-state index is 13.7. The fourth-order valence-electron chi connectivity index (χ4n) is 2.19. The van der Waals surface area contributed by atoms with Gasteiger partial charge >= 0.3 is 0 Å². The van der Waals surface area contributed by atoms with Crippen molar-refractivity contribution < 1.29 is 13.7 Å². The van der Waals surface area contributed by atoms with Crippen LogP contribution in [-0.4, -0.2) is 10.1 Å². The lowest BCUT2D eigenvalue weighted by Gasteiger charge is -2.08. The number of benzene rings is 2. The summed E-state index contributed by atoms with van der Waals surface area (Å²) < 4.78 is 24.4. The lowest BCUT2D eigenvalue weighted by Crippen LogP contribution is -1.98. The molecule has 0 atom stereocenters. The molecule has 23 heavy (non-hydrogen) atoms. The summed E-state index contributed by atoms with van der Waals surface area (Å²) in [7, 11) is 0. The molecule has 2 aromatic carbocycles. The van der Waals surface area contributed by atoms with E-state index in [0.29, 0.717) is 11.6 Å². The summed E-state index contributed by atoms with van der Waals surface area (Å²) in [6.45, 7) is 3.94. The summed E-state index contributed by atoms with van der Waals surface area (Å²) in [5.74, 6) is 0.730. The summed E-state index contributed by atoms with van der Waals surface area (Å²) in [5, 5.41) is 4.53. The average molecular weight is 333 g/mol. The van der Waals surface area contributed by atoms with Crippen molar-refractivity contribution in [3.63, 3.8) is 0 Å². The zero-order chi connectivity index (χ0) is 16.4. The lowest BCUT2D eigenvalue weighted by molar-refractivity contribution is 0.286. The van der Waals surface area contributed by atoms with E-state index in [-0.39, 0.29) is 18.1 Å². The molecule has 0 N–H and O–H groups in total. The van der Waals surface area contributed by atoms with Gasteiger partial charge in [-0.25, -0.2) is 4.39 Å². The molecule has 0 bridgehead atoms. The third kappa shape index (κ3) is 3.35. The molecule has 0 spiro atoms. The van der Waals surface area contributed by atoms with Crippen LogP contribution in [0.25, 0.3) is 11.5 Å². The number of aromatic nitrogens is 2. The Bertz CT molecular complexity index is 825. The lowest BCUT2D eigenvalue weighted by atomic mass is 10.1. The number of ether oxygens (including phenoxy) is 1. The fourth-order valence-corrected chi connectivity index (χ4v) is 2.30. The van der Waals surface area contributed by atoms with Crippen LogP contribution < -0.4 is 4.74 Å². The molecular weight excluding hydrogens is 319 g/mol. The van der Waals surface area contributed by atoms with Gasteiger partial charge in [0, 0.05) is 5.02 Å². The number of rotatable bonds is 4. The molecule has 0 unspecified atom stereocenters. The van der Waals surface area contributed by atoms with Gasteiger partial charge in [0.05, 0.1) is 5.56 Å². The second-order valence-electron chi connectivity index (χ2n) is 5.16. The molecule has 1 aromatic heterocycles. The maximum atomic E-state index is 13.7. The van der Waals surface area contributed by atoms with Crippen molar-refractivity contribution in [2.24, 2.45) is 0 Å². The van der Waals surface area contributed by atoms with Crippen LogP contribution in [0.3, 0.4) is 0 Å². The van der Waals surface area contributed by atoms with Crippen LogP contribution in [0.15, 0.2) is 40.9 Å².